The van der Waals surface area contributed by atoms with Gasteiger partial charge in [-0.3, -0.25) is 4.79 Å². The van der Waals surface area contributed by atoms with Gasteiger partial charge in [-0.2, -0.15) is 0 Å². The lowest BCUT2D eigenvalue weighted by molar-refractivity contribution is 0.111. The zero-order valence-corrected chi connectivity index (χ0v) is 10.2. The van der Waals surface area contributed by atoms with Gasteiger partial charge >= 0.3 is 0 Å². The van der Waals surface area contributed by atoms with E-state index in [1.54, 1.807) is 0 Å². The van der Waals surface area contributed by atoms with Crippen LogP contribution in [0.25, 0.3) is 0 Å². The molecular weight excluding hydrogens is 230 g/mol. The Morgan fingerprint density at radius 1 is 1.29 bits per heavy atom. The topological polar surface area (TPSA) is 22.0 Å². The third-order valence-electron chi connectivity index (χ3n) is 3.20. The molecule has 0 bridgehead atoms. The standard InChI is InChI=1S/C14H13NOS/c16-9-12-4-3-7-15(12)8-11-10-17-14-6-2-1-5-13(11)14/h1-7,9,11H,8,10H2. The van der Waals surface area contributed by atoms with Gasteiger partial charge < -0.3 is 4.57 Å². The van der Waals surface area contributed by atoms with Crippen LogP contribution in [-0.2, 0) is 6.54 Å². The van der Waals surface area contributed by atoms with Crippen molar-refractivity contribution >= 4 is 18.0 Å². The van der Waals surface area contributed by atoms with E-state index in [9.17, 15) is 4.79 Å². The van der Waals surface area contributed by atoms with Crippen LogP contribution in [0.4, 0.5) is 0 Å². The first-order chi connectivity index (χ1) is 8.38. The van der Waals surface area contributed by atoms with Gasteiger partial charge in [0, 0.05) is 29.3 Å². The van der Waals surface area contributed by atoms with E-state index in [2.05, 4.69) is 24.3 Å². The van der Waals surface area contributed by atoms with E-state index >= 15 is 0 Å². The molecule has 0 amide bonds. The number of thioether (sulfide) groups is 1. The summed E-state index contributed by atoms with van der Waals surface area (Å²) in [5.41, 5.74) is 2.18. The lowest BCUT2D eigenvalue weighted by Gasteiger charge is -2.13. The van der Waals surface area contributed by atoms with Gasteiger partial charge in [-0.1, -0.05) is 18.2 Å². The quantitative estimate of drug-likeness (QED) is 0.772. The maximum Gasteiger partial charge on any atom is 0.166 e. The molecule has 2 aromatic rings. The summed E-state index contributed by atoms with van der Waals surface area (Å²) in [6, 6.07) is 12.3. The van der Waals surface area contributed by atoms with Gasteiger partial charge in [-0.25, -0.2) is 0 Å². The predicted molar refractivity (Wildman–Crippen MR) is 69.7 cm³/mol. The van der Waals surface area contributed by atoms with Crippen LogP contribution in [0.3, 0.4) is 0 Å². The third-order valence-corrected chi connectivity index (χ3v) is 4.45. The van der Waals surface area contributed by atoms with E-state index in [-0.39, 0.29) is 0 Å². The van der Waals surface area contributed by atoms with Crippen LogP contribution in [0.15, 0.2) is 47.5 Å². The first-order valence-corrected chi connectivity index (χ1v) is 6.69. The van der Waals surface area contributed by atoms with E-state index < -0.39 is 0 Å². The number of aromatic nitrogens is 1. The second kappa shape index (κ2) is 4.41. The molecule has 1 aliphatic rings. The predicted octanol–water partition coefficient (Wildman–Crippen LogP) is 3.19. The van der Waals surface area contributed by atoms with Crippen LogP contribution in [0, 0.1) is 0 Å². The molecule has 0 N–H and O–H groups in total. The number of carbonyl (C=O) groups excluding carboxylic acids is 1. The molecule has 1 aromatic heterocycles. The van der Waals surface area contributed by atoms with Crippen LogP contribution in [-0.4, -0.2) is 16.6 Å². The Labute approximate surface area is 105 Å². The number of aldehydes is 1. The summed E-state index contributed by atoms with van der Waals surface area (Å²) in [6.45, 7) is 0.894. The summed E-state index contributed by atoms with van der Waals surface area (Å²) < 4.78 is 2.04. The van der Waals surface area contributed by atoms with Gasteiger partial charge in [-0.15, -0.1) is 11.8 Å². The van der Waals surface area contributed by atoms with Gasteiger partial charge in [0.05, 0.1) is 5.69 Å². The molecule has 3 heteroatoms. The highest BCUT2D eigenvalue weighted by molar-refractivity contribution is 7.99. The highest BCUT2D eigenvalue weighted by atomic mass is 32.2. The molecule has 0 aliphatic carbocycles. The fraction of sp³-hybridized carbons (Fsp3) is 0.214. The Balaban J connectivity index is 1.86. The van der Waals surface area contributed by atoms with Crippen molar-refractivity contribution < 1.29 is 4.79 Å². The number of nitrogens with zero attached hydrogens (tertiary/aromatic N) is 1. The Bertz CT molecular complexity index is 547. The number of carbonyl (C=O) groups is 1. The molecule has 1 aliphatic heterocycles. The number of benzene rings is 1. The first-order valence-electron chi connectivity index (χ1n) is 5.70. The fourth-order valence-corrected chi connectivity index (χ4v) is 3.56. The normalized spacial score (nSPS) is 18.0. The second-order valence-corrected chi connectivity index (χ2v) is 5.31. The van der Waals surface area contributed by atoms with Crippen molar-refractivity contribution in [2.75, 3.05) is 5.75 Å². The molecule has 86 valence electrons. The minimum Gasteiger partial charge on any atom is -0.345 e. The maximum absolute atomic E-state index is 10.9. The molecule has 0 fully saturated rings. The molecule has 2 heterocycles. The Morgan fingerprint density at radius 3 is 3.06 bits per heavy atom. The van der Waals surface area contributed by atoms with Crippen molar-refractivity contribution in [1.29, 1.82) is 0 Å². The molecule has 1 unspecified atom stereocenters. The van der Waals surface area contributed by atoms with Gasteiger partial charge in [0.25, 0.3) is 0 Å². The lowest BCUT2D eigenvalue weighted by Crippen LogP contribution is -2.10. The van der Waals surface area contributed by atoms with E-state index in [4.69, 9.17) is 0 Å². The summed E-state index contributed by atoms with van der Waals surface area (Å²) in [6.07, 6.45) is 2.91. The van der Waals surface area contributed by atoms with Crippen molar-refractivity contribution in [3.63, 3.8) is 0 Å². The highest BCUT2D eigenvalue weighted by Gasteiger charge is 2.23. The van der Waals surface area contributed by atoms with E-state index in [1.807, 2.05) is 34.7 Å². The van der Waals surface area contributed by atoms with Crippen LogP contribution in [0.2, 0.25) is 0 Å². The molecule has 0 spiro atoms. The molecule has 17 heavy (non-hydrogen) atoms. The second-order valence-electron chi connectivity index (χ2n) is 4.25. The SMILES string of the molecule is O=Cc1cccn1CC1CSc2ccccc21. The smallest absolute Gasteiger partial charge is 0.166 e. The van der Waals surface area contributed by atoms with Gasteiger partial charge in [-0.05, 0) is 23.8 Å². The number of hydrogen-bond acceptors (Lipinski definition) is 2. The van der Waals surface area contributed by atoms with Crippen LogP contribution >= 0.6 is 11.8 Å². The minimum absolute atomic E-state index is 0.516. The molecule has 2 nitrogen and oxygen atoms in total. The highest BCUT2D eigenvalue weighted by Crippen LogP contribution is 2.40. The van der Waals surface area contributed by atoms with Crippen LogP contribution in [0.1, 0.15) is 22.0 Å². The van der Waals surface area contributed by atoms with Gasteiger partial charge in [0.15, 0.2) is 6.29 Å². The molecule has 1 atom stereocenters. The summed E-state index contributed by atoms with van der Waals surface area (Å²) in [5.74, 6) is 1.62. The zero-order chi connectivity index (χ0) is 11.7. The zero-order valence-electron chi connectivity index (χ0n) is 9.37. The molecule has 0 radical (unpaired) electrons. The summed E-state index contributed by atoms with van der Waals surface area (Å²) in [4.78, 5) is 12.3. The molecular formula is C14H13NOS. The number of fused-ring (bicyclic) bond motifs is 1. The third kappa shape index (κ3) is 1.91. The van der Waals surface area contributed by atoms with Gasteiger partial charge in [0.2, 0.25) is 0 Å². The van der Waals surface area contributed by atoms with Crippen molar-refractivity contribution in [2.45, 2.75) is 17.4 Å². The van der Waals surface area contributed by atoms with E-state index in [1.165, 1.54) is 10.5 Å². The number of hydrogen-bond donors (Lipinski definition) is 0. The summed E-state index contributed by atoms with van der Waals surface area (Å²) in [5, 5.41) is 0. The Morgan fingerprint density at radius 2 is 2.18 bits per heavy atom. The monoisotopic (exact) mass is 243 g/mol. The fourth-order valence-electron chi connectivity index (χ4n) is 2.32. The Kier molecular flexibility index (Phi) is 2.77. The van der Waals surface area contributed by atoms with E-state index in [0.717, 1.165) is 24.3 Å². The average Bonchev–Trinajstić information content (AvgIpc) is 2.97. The number of rotatable bonds is 3. The van der Waals surface area contributed by atoms with Crippen molar-refractivity contribution in [1.82, 2.24) is 4.57 Å². The van der Waals surface area contributed by atoms with Crippen molar-refractivity contribution in [2.24, 2.45) is 0 Å². The van der Waals surface area contributed by atoms with Gasteiger partial charge in [0.1, 0.15) is 0 Å². The van der Waals surface area contributed by atoms with Crippen LogP contribution in [0.5, 0.6) is 0 Å². The maximum atomic E-state index is 10.9. The van der Waals surface area contributed by atoms with Crippen LogP contribution < -0.4 is 0 Å². The minimum atomic E-state index is 0.516. The van der Waals surface area contributed by atoms with Crippen molar-refractivity contribution in [3.8, 4) is 0 Å². The first kappa shape index (κ1) is 10.7. The molecule has 0 saturated heterocycles. The van der Waals surface area contributed by atoms with Crippen molar-refractivity contribution in [3.05, 3.63) is 53.9 Å². The molecule has 1 aromatic carbocycles. The molecule has 0 saturated carbocycles. The largest absolute Gasteiger partial charge is 0.345 e. The summed E-state index contributed by atoms with van der Waals surface area (Å²) >= 11 is 1.91. The summed E-state index contributed by atoms with van der Waals surface area (Å²) in [7, 11) is 0. The average molecular weight is 243 g/mol. The lowest BCUT2D eigenvalue weighted by atomic mass is 10.0. The Hall–Kier alpha value is -1.48. The molecule has 3 rings (SSSR count). The van der Waals surface area contributed by atoms with E-state index in [0.29, 0.717) is 5.92 Å².